The number of carbonyl (C=O) groups excluding carboxylic acids is 1. The number of nitrogens with one attached hydrogen (secondary N) is 1. The number of hydrogen-bond acceptors (Lipinski definition) is 2. The summed E-state index contributed by atoms with van der Waals surface area (Å²) in [6.45, 7) is 3.08. The van der Waals surface area contributed by atoms with E-state index in [0.717, 1.165) is 66.0 Å². The Morgan fingerprint density at radius 1 is 0.711 bits per heavy atom. The molecular weight excluding hydrogens is 464 g/mol. The zero-order valence-electron chi connectivity index (χ0n) is 21.7. The largest absolute Gasteiger partial charge is 0.349 e. The first-order valence-electron chi connectivity index (χ1n) is 13.8. The number of benzene rings is 5. The zero-order valence-corrected chi connectivity index (χ0v) is 21.7. The van der Waals surface area contributed by atoms with Gasteiger partial charge in [-0.25, -0.2) is 0 Å². The molecule has 0 aliphatic carbocycles. The highest BCUT2D eigenvalue weighted by molar-refractivity contribution is 6.18. The summed E-state index contributed by atoms with van der Waals surface area (Å²) in [5.74, 6) is 0.444. The molecule has 5 aromatic rings. The van der Waals surface area contributed by atoms with Crippen LogP contribution in [0.3, 0.4) is 0 Å². The highest BCUT2D eigenvalue weighted by atomic mass is 16.1. The van der Waals surface area contributed by atoms with Gasteiger partial charge in [0.1, 0.15) is 0 Å². The molecule has 190 valence electrons. The van der Waals surface area contributed by atoms with Crippen molar-refractivity contribution >= 4 is 27.5 Å². The van der Waals surface area contributed by atoms with Gasteiger partial charge in [-0.05, 0) is 64.5 Å². The van der Waals surface area contributed by atoms with Crippen LogP contribution in [-0.2, 0) is 0 Å². The number of rotatable bonds is 7. The minimum absolute atomic E-state index is 0.0460. The molecule has 0 spiro atoms. The lowest BCUT2D eigenvalue weighted by atomic mass is 9.88. The van der Waals surface area contributed by atoms with Crippen molar-refractivity contribution in [3.63, 3.8) is 0 Å². The van der Waals surface area contributed by atoms with Gasteiger partial charge in [0.05, 0.1) is 5.56 Å². The zero-order chi connectivity index (χ0) is 25.7. The van der Waals surface area contributed by atoms with Crippen LogP contribution in [0.15, 0.2) is 115 Å². The summed E-state index contributed by atoms with van der Waals surface area (Å²) in [5, 5.41) is 7.65. The summed E-state index contributed by atoms with van der Waals surface area (Å²) in [4.78, 5) is 16.2. The maximum absolute atomic E-state index is 13.6. The van der Waals surface area contributed by atoms with Gasteiger partial charge in [-0.2, -0.15) is 0 Å². The minimum atomic E-state index is 0.0460. The van der Waals surface area contributed by atoms with Crippen molar-refractivity contribution in [3.05, 3.63) is 132 Å². The molecule has 6 rings (SSSR count). The van der Waals surface area contributed by atoms with Crippen LogP contribution < -0.4 is 5.32 Å². The quantitative estimate of drug-likeness (QED) is 0.237. The smallest absolute Gasteiger partial charge is 0.252 e. The third-order valence-electron chi connectivity index (χ3n) is 8.06. The van der Waals surface area contributed by atoms with Gasteiger partial charge in [-0.3, -0.25) is 4.79 Å². The second-order valence-corrected chi connectivity index (χ2v) is 10.4. The summed E-state index contributed by atoms with van der Waals surface area (Å²) in [6.07, 6.45) is 3.05. The van der Waals surface area contributed by atoms with Gasteiger partial charge in [-0.1, -0.05) is 109 Å². The van der Waals surface area contributed by atoms with Gasteiger partial charge in [-0.15, -0.1) is 0 Å². The van der Waals surface area contributed by atoms with Crippen molar-refractivity contribution in [2.24, 2.45) is 0 Å². The SMILES string of the molecule is O=C(NC1CCN(CCC(c2ccccc2)c2ccccc2)CC1)c1c2ccccc2cc2ccccc12. The summed E-state index contributed by atoms with van der Waals surface area (Å²) in [5.41, 5.74) is 3.56. The van der Waals surface area contributed by atoms with Crippen LogP contribution >= 0.6 is 0 Å². The van der Waals surface area contributed by atoms with E-state index in [-0.39, 0.29) is 11.9 Å². The summed E-state index contributed by atoms with van der Waals surface area (Å²) >= 11 is 0. The standard InChI is InChI=1S/C35H34N2O/c38-35(34-32-17-9-7-15-28(32)25-29-16-8-10-18-33(29)34)36-30-19-22-37(23-20-30)24-21-31(26-11-3-1-4-12-26)27-13-5-2-6-14-27/h1-18,25,30-31H,19-24H2,(H,36,38). The maximum atomic E-state index is 13.6. The van der Waals surface area contributed by atoms with Crippen molar-refractivity contribution in [1.29, 1.82) is 0 Å². The lowest BCUT2D eigenvalue weighted by molar-refractivity contribution is 0.0914. The molecule has 3 heteroatoms. The van der Waals surface area contributed by atoms with E-state index in [0.29, 0.717) is 5.92 Å². The van der Waals surface area contributed by atoms with Gasteiger partial charge in [0.25, 0.3) is 5.91 Å². The van der Waals surface area contributed by atoms with Crippen LogP contribution in [0.2, 0.25) is 0 Å². The normalized spacial score (nSPS) is 14.8. The molecule has 0 saturated carbocycles. The Kier molecular flexibility index (Phi) is 7.19. The third-order valence-corrected chi connectivity index (χ3v) is 8.06. The third kappa shape index (κ3) is 5.20. The monoisotopic (exact) mass is 498 g/mol. The molecule has 5 aromatic carbocycles. The first-order valence-corrected chi connectivity index (χ1v) is 13.8. The number of nitrogens with zero attached hydrogens (tertiary/aromatic N) is 1. The van der Waals surface area contributed by atoms with E-state index < -0.39 is 0 Å². The molecule has 38 heavy (non-hydrogen) atoms. The number of fused-ring (bicyclic) bond motifs is 2. The molecule has 0 unspecified atom stereocenters. The Balaban J connectivity index is 1.11. The predicted octanol–water partition coefficient (Wildman–Crippen LogP) is 7.41. The number of piperidine rings is 1. The Hall–Kier alpha value is -3.95. The van der Waals surface area contributed by atoms with Crippen molar-refractivity contribution in [2.75, 3.05) is 19.6 Å². The first-order chi connectivity index (χ1) is 18.8. The Bertz CT molecular complexity index is 1430. The molecule has 0 aromatic heterocycles. The minimum Gasteiger partial charge on any atom is -0.349 e. The molecule has 1 N–H and O–H groups in total. The molecule has 1 fully saturated rings. The predicted molar refractivity (Wildman–Crippen MR) is 158 cm³/mol. The number of hydrogen-bond donors (Lipinski definition) is 1. The van der Waals surface area contributed by atoms with Crippen LogP contribution in [0.25, 0.3) is 21.5 Å². The summed E-state index contributed by atoms with van der Waals surface area (Å²) in [7, 11) is 0. The van der Waals surface area contributed by atoms with E-state index in [2.05, 4.69) is 101 Å². The van der Waals surface area contributed by atoms with Gasteiger partial charge < -0.3 is 10.2 Å². The molecule has 1 aliphatic heterocycles. The van der Waals surface area contributed by atoms with E-state index in [4.69, 9.17) is 0 Å². The van der Waals surface area contributed by atoms with Crippen LogP contribution in [0.5, 0.6) is 0 Å². The van der Waals surface area contributed by atoms with E-state index in [1.807, 2.05) is 24.3 Å². The van der Waals surface area contributed by atoms with Crippen LogP contribution in [0.1, 0.15) is 46.7 Å². The number of amides is 1. The lowest BCUT2D eigenvalue weighted by Crippen LogP contribution is -2.45. The van der Waals surface area contributed by atoms with Crippen molar-refractivity contribution in [1.82, 2.24) is 10.2 Å². The van der Waals surface area contributed by atoms with E-state index >= 15 is 0 Å². The maximum Gasteiger partial charge on any atom is 0.252 e. The van der Waals surface area contributed by atoms with Crippen LogP contribution in [0.4, 0.5) is 0 Å². The average molecular weight is 499 g/mol. The molecule has 1 amide bonds. The van der Waals surface area contributed by atoms with Gasteiger partial charge >= 0.3 is 0 Å². The van der Waals surface area contributed by atoms with Gasteiger partial charge in [0.15, 0.2) is 0 Å². The second kappa shape index (κ2) is 11.2. The first kappa shape index (κ1) is 24.4. The molecule has 0 bridgehead atoms. The Labute approximate surface area is 225 Å². The lowest BCUT2D eigenvalue weighted by Gasteiger charge is -2.33. The molecule has 1 aliphatic rings. The van der Waals surface area contributed by atoms with Crippen molar-refractivity contribution in [2.45, 2.75) is 31.2 Å². The average Bonchev–Trinajstić information content (AvgIpc) is 2.98. The van der Waals surface area contributed by atoms with E-state index in [1.54, 1.807) is 0 Å². The molecule has 1 heterocycles. The van der Waals surface area contributed by atoms with Gasteiger partial charge in [0.2, 0.25) is 0 Å². The number of carbonyl (C=O) groups is 1. The van der Waals surface area contributed by atoms with Crippen molar-refractivity contribution in [3.8, 4) is 0 Å². The highest BCUT2D eigenvalue weighted by Gasteiger charge is 2.24. The fourth-order valence-electron chi connectivity index (χ4n) is 6.02. The van der Waals surface area contributed by atoms with Crippen LogP contribution in [0, 0.1) is 0 Å². The Morgan fingerprint density at radius 3 is 1.76 bits per heavy atom. The molecule has 1 saturated heterocycles. The van der Waals surface area contributed by atoms with Crippen LogP contribution in [-0.4, -0.2) is 36.5 Å². The molecule has 3 nitrogen and oxygen atoms in total. The summed E-state index contributed by atoms with van der Waals surface area (Å²) < 4.78 is 0. The number of likely N-dealkylation sites (tertiary alicyclic amines) is 1. The topological polar surface area (TPSA) is 32.3 Å². The second-order valence-electron chi connectivity index (χ2n) is 10.4. The summed E-state index contributed by atoms with van der Waals surface area (Å²) in [6, 6.07) is 40.5. The van der Waals surface area contributed by atoms with E-state index in [1.165, 1.54) is 11.1 Å². The molecular formula is C35H34N2O. The van der Waals surface area contributed by atoms with E-state index in [9.17, 15) is 4.79 Å². The Morgan fingerprint density at radius 2 is 1.21 bits per heavy atom. The molecule has 0 atom stereocenters. The van der Waals surface area contributed by atoms with Crippen molar-refractivity contribution < 1.29 is 4.79 Å². The van der Waals surface area contributed by atoms with Gasteiger partial charge in [0, 0.05) is 25.0 Å². The fraction of sp³-hybridized carbons (Fsp3) is 0.229. The fourth-order valence-corrected chi connectivity index (χ4v) is 6.02. The molecule has 0 radical (unpaired) electrons. The highest BCUT2D eigenvalue weighted by Crippen LogP contribution is 2.30.